The number of piperidine rings is 1. The Bertz CT molecular complexity index is 568. The first-order valence-electron chi connectivity index (χ1n) is 7.85. The topological polar surface area (TPSA) is 63.4 Å². The highest BCUT2D eigenvalue weighted by Gasteiger charge is 2.27. The van der Waals surface area contributed by atoms with Gasteiger partial charge in [-0.1, -0.05) is 6.07 Å². The van der Waals surface area contributed by atoms with Crippen molar-refractivity contribution in [1.29, 1.82) is 0 Å². The normalized spacial score (nSPS) is 21.7. The second-order valence-corrected chi connectivity index (χ2v) is 6.18. The standard InChI is InChI=1S/C17H22N2O2/c18-16(20)15-6-3-9-19(11-15)17(21)14-8-7-12-4-1-2-5-13(12)10-14/h7-8,10,15H,1-6,9,11H2,(H2,18,20). The van der Waals surface area contributed by atoms with Crippen molar-refractivity contribution in [3.05, 3.63) is 34.9 Å². The van der Waals surface area contributed by atoms with Gasteiger partial charge in [0.1, 0.15) is 0 Å². The van der Waals surface area contributed by atoms with E-state index in [0.717, 1.165) is 37.8 Å². The van der Waals surface area contributed by atoms with Crippen LogP contribution in [0, 0.1) is 5.92 Å². The van der Waals surface area contributed by atoms with Crippen molar-refractivity contribution in [3.8, 4) is 0 Å². The Kier molecular flexibility index (Phi) is 3.95. The van der Waals surface area contributed by atoms with Gasteiger partial charge < -0.3 is 10.6 Å². The zero-order valence-electron chi connectivity index (χ0n) is 12.3. The van der Waals surface area contributed by atoms with Crippen LogP contribution in [0.1, 0.15) is 47.2 Å². The molecule has 4 nitrogen and oxygen atoms in total. The average Bonchev–Trinajstić information content (AvgIpc) is 2.53. The number of rotatable bonds is 2. The Balaban J connectivity index is 1.77. The second-order valence-electron chi connectivity index (χ2n) is 6.18. The van der Waals surface area contributed by atoms with Crippen molar-refractivity contribution in [2.24, 2.45) is 11.7 Å². The van der Waals surface area contributed by atoms with Crippen LogP contribution in [0.2, 0.25) is 0 Å². The van der Waals surface area contributed by atoms with Crippen LogP contribution in [0.4, 0.5) is 0 Å². The number of hydrogen-bond acceptors (Lipinski definition) is 2. The summed E-state index contributed by atoms with van der Waals surface area (Å²) in [7, 11) is 0. The summed E-state index contributed by atoms with van der Waals surface area (Å²) in [5.74, 6) is -0.451. The predicted molar refractivity (Wildman–Crippen MR) is 80.9 cm³/mol. The van der Waals surface area contributed by atoms with Gasteiger partial charge in [-0.2, -0.15) is 0 Å². The van der Waals surface area contributed by atoms with Crippen LogP contribution in [0.3, 0.4) is 0 Å². The summed E-state index contributed by atoms with van der Waals surface area (Å²) in [4.78, 5) is 25.7. The van der Waals surface area contributed by atoms with E-state index in [0.29, 0.717) is 6.54 Å². The fourth-order valence-corrected chi connectivity index (χ4v) is 3.44. The number of primary amides is 1. The molecular formula is C17H22N2O2. The van der Waals surface area contributed by atoms with E-state index < -0.39 is 0 Å². The molecule has 1 fully saturated rings. The lowest BCUT2D eigenvalue weighted by atomic mass is 9.90. The number of amides is 2. The van der Waals surface area contributed by atoms with E-state index >= 15 is 0 Å². The fraction of sp³-hybridized carbons (Fsp3) is 0.529. The smallest absolute Gasteiger partial charge is 0.253 e. The summed E-state index contributed by atoms with van der Waals surface area (Å²) in [6.45, 7) is 1.19. The number of hydrogen-bond donors (Lipinski definition) is 1. The molecule has 1 aromatic rings. The summed E-state index contributed by atoms with van der Waals surface area (Å²) in [5.41, 5.74) is 8.83. The zero-order valence-corrected chi connectivity index (χ0v) is 12.3. The number of nitrogens with two attached hydrogens (primary N) is 1. The highest BCUT2D eigenvalue weighted by molar-refractivity contribution is 5.95. The van der Waals surface area contributed by atoms with E-state index in [-0.39, 0.29) is 17.7 Å². The van der Waals surface area contributed by atoms with Gasteiger partial charge in [0.2, 0.25) is 5.91 Å². The first-order chi connectivity index (χ1) is 10.1. The lowest BCUT2D eigenvalue weighted by molar-refractivity contribution is -0.123. The molecule has 1 aliphatic heterocycles. The molecule has 1 aliphatic carbocycles. The minimum absolute atomic E-state index is 0.0364. The molecule has 2 aliphatic rings. The monoisotopic (exact) mass is 286 g/mol. The highest BCUT2D eigenvalue weighted by Crippen LogP contribution is 2.24. The van der Waals surface area contributed by atoms with Crippen LogP contribution in [-0.2, 0) is 17.6 Å². The molecule has 1 saturated heterocycles. The zero-order chi connectivity index (χ0) is 14.8. The van der Waals surface area contributed by atoms with Crippen LogP contribution in [0.5, 0.6) is 0 Å². The van der Waals surface area contributed by atoms with E-state index in [9.17, 15) is 9.59 Å². The summed E-state index contributed by atoms with van der Waals surface area (Å²) in [6.07, 6.45) is 6.29. The number of aryl methyl sites for hydroxylation is 2. The third-order valence-corrected chi connectivity index (χ3v) is 4.71. The van der Waals surface area contributed by atoms with E-state index in [1.165, 1.54) is 24.0 Å². The summed E-state index contributed by atoms with van der Waals surface area (Å²) in [5, 5.41) is 0. The lowest BCUT2D eigenvalue weighted by Crippen LogP contribution is -2.44. The van der Waals surface area contributed by atoms with Gasteiger partial charge in [-0.25, -0.2) is 0 Å². The molecule has 1 unspecified atom stereocenters. The number of carbonyl (C=O) groups excluding carboxylic acids is 2. The van der Waals surface area contributed by atoms with Crippen molar-refractivity contribution in [3.63, 3.8) is 0 Å². The van der Waals surface area contributed by atoms with Gasteiger partial charge in [-0.05, 0) is 61.8 Å². The molecule has 0 radical (unpaired) electrons. The minimum atomic E-state index is -0.294. The summed E-state index contributed by atoms with van der Waals surface area (Å²) in [6, 6.07) is 6.07. The van der Waals surface area contributed by atoms with Crippen molar-refractivity contribution in [2.75, 3.05) is 13.1 Å². The Morgan fingerprint density at radius 3 is 2.62 bits per heavy atom. The van der Waals surface area contributed by atoms with E-state index in [1.54, 1.807) is 4.90 Å². The van der Waals surface area contributed by atoms with Gasteiger partial charge in [-0.3, -0.25) is 9.59 Å². The maximum absolute atomic E-state index is 12.6. The van der Waals surface area contributed by atoms with E-state index in [4.69, 9.17) is 5.73 Å². The maximum atomic E-state index is 12.6. The lowest BCUT2D eigenvalue weighted by Gasteiger charge is -2.31. The number of carbonyl (C=O) groups is 2. The van der Waals surface area contributed by atoms with Gasteiger partial charge in [0, 0.05) is 18.7 Å². The predicted octanol–water partition coefficient (Wildman–Crippen LogP) is 1.90. The minimum Gasteiger partial charge on any atom is -0.369 e. The second kappa shape index (κ2) is 5.88. The molecule has 0 saturated carbocycles. The van der Waals surface area contributed by atoms with Gasteiger partial charge >= 0.3 is 0 Å². The van der Waals surface area contributed by atoms with Gasteiger partial charge in [0.05, 0.1) is 5.92 Å². The highest BCUT2D eigenvalue weighted by atomic mass is 16.2. The van der Waals surface area contributed by atoms with Crippen LogP contribution in [0.25, 0.3) is 0 Å². The Hall–Kier alpha value is -1.84. The van der Waals surface area contributed by atoms with Gasteiger partial charge in [-0.15, -0.1) is 0 Å². The average molecular weight is 286 g/mol. The first-order valence-corrected chi connectivity index (χ1v) is 7.85. The molecule has 21 heavy (non-hydrogen) atoms. The Morgan fingerprint density at radius 2 is 1.86 bits per heavy atom. The molecule has 3 rings (SSSR count). The number of fused-ring (bicyclic) bond motifs is 1. The number of likely N-dealkylation sites (tertiary alicyclic amines) is 1. The molecule has 0 aromatic heterocycles. The summed E-state index contributed by atoms with van der Waals surface area (Å²) >= 11 is 0. The van der Waals surface area contributed by atoms with Crippen LogP contribution >= 0.6 is 0 Å². The first kappa shape index (κ1) is 14.1. The van der Waals surface area contributed by atoms with Crippen LogP contribution in [0.15, 0.2) is 18.2 Å². The quantitative estimate of drug-likeness (QED) is 0.902. The van der Waals surface area contributed by atoms with E-state index in [2.05, 4.69) is 6.07 Å². The maximum Gasteiger partial charge on any atom is 0.253 e. The van der Waals surface area contributed by atoms with Crippen molar-refractivity contribution >= 4 is 11.8 Å². The molecule has 112 valence electrons. The number of benzene rings is 1. The molecule has 0 spiro atoms. The molecule has 1 atom stereocenters. The summed E-state index contributed by atoms with van der Waals surface area (Å²) < 4.78 is 0. The molecule has 4 heteroatoms. The molecule has 1 heterocycles. The fourth-order valence-electron chi connectivity index (χ4n) is 3.44. The Labute approximate surface area is 125 Å². The van der Waals surface area contributed by atoms with Crippen molar-refractivity contribution < 1.29 is 9.59 Å². The molecule has 0 bridgehead atoms. The van der Waals surface area contributed by atoms with Gasteiger partial charge in [0.15, 0.2) is 0 Å². The SMILES string of the molecule is NC(=O)C1CCCN(C(=O)c2ccc3c(c2)CCCC3)C1. The molecule has 2 amide bonds. The molecule has 1 aromatic carbocycles. The Morgan fingerprint density at radius 1 is 1.10 bits per heavy atom. The molecule has 2 N–H and O–H groups in total. The van der Waals surface area contributed by atoms with E-state index in [1.807, 2.05) is 12.1 Å². The van der Waals surface area contributed by atoms with Crippen LogP contribution in [-0.4, -0.2) is 29.8 Å². The largest absolute Gasteiger partial charge is 0.369 e. The third-order valence-electron chi connectivity index (χ3n) is 4.71. The number of nitrogens with zero attached hydrogens (tertiary/aromatic N) is 1. The molecular weight excluding hydrogens is 264 g/mol. The van der Waals surface area contributed by atoms with Crippen molar-refractivity contribution in [2.45, 2.75) is 38.5 Å². The van der Waals surface area contributed by atoms with Gasteiger partial charge in [0.25, 0.3) is 5.91 Å². The van der Waals surface area contributed by atoms with Crippen LogP contribution < -0.4 is 5.73 Å². The third kappa shape index (κ3) is 2.94. The van der Waals surface area contributed by atoms with Crippen molar-refractivity contribution in [1.82, 2.24) is 4.90 Å².